The molecule has 2 rings (SSSR count). The minimum absolute atomic E-state index is 0.00140. The Balaban J connectivity index is 2.60. The molecule has 0 saturated carbocycles. The van der Waals surface area contributed by atoms with Crippen LogP contribution >= 0.6 is 0 Å². The lowest BCUT2D eigenvalue weighted by molar-refractivity contribution is -0.123. The Morgan fingerprint density at radius 1 is 1.20 bits per heavy atom. The van der Waals surface area contributed by atoms with Crippen LogP contribution in [-0.4, -0.2) is 34.6 Å². The quantitative estimate of drug-likeness (QED) is 0.746. The number of allylic oxidation sites excluding steroid dienone is 1. The van der Waals surface area contributed by atoms with Crippen molar-refractivity contribution in [2.45, 2.75) is 53.9 Å². The zero-order valence-corrected chi connectivity index (χ0v) is 15.9. The van der Waals surface area contributed by atoms with E-state index >= 15 is 0 Å². The maximum Gasteiger partial charge on any atom is 0.254 e. The smallest absolute Gasteiger partial charge is 0.254 e. The molecular formula is C20H26N2O3. The normalized spacial score (nSPS) is 16.3. The zero-order valence-electron chi connectivity index (χ0n) is 15.9. The van der Waals surface area contributed by atoms with E-state index in [1.165, 1.54) is 0 Å². The number of likely N-dealkylation sites (N-methyl/N-ethyl adjacent to an activating group) is 1. The largest absolute Gasteiger partial charge is 0.311 e. The highest BCUT2D eigenvalue weighted by molar-refractivity contribution is 6.00. The fraction of sp³-hybridized carbons (Fsp3) is 0.450. The van der Waals surface area contributed by atoms with Gasteiger partial charge >= 0.3 is 0 Å². The van der Waals surface area contributed by atoms with Crippen molar-refractivity contribution in [1.82, 2.24) is 9.47 Å². The van der Waals surface area contributed by atoms with Gasteiger partial charge in [-0.1, -0.05) is 6.92 Å². The molecule has 1 aromatic heterocycles. The van der Waals surface area contributed by atoms with E-state index in [0.717, 1.165) is 52.2 Å². The Morgan fingerprint density at radius 3 is 2.36 bits per heavy atom. The number of hydrogen-bond acceptors (Lipinski definition) is 3. The van der Waals surface area contributed by atoms with Crippen molar-refractivity contribution >= 4 is 24.2 Å². The van der Waals surface area contributed by atoms with Crippen molar-refractivity contribution in [2.75, 3.05) is 7.05 Å². The number of amides is 1. The van der Waals surface area contributed by atoms with Gasteiger partial charge in [-0.2, -0.15) is 0 Å². The van der Waals surface area contributed by atoms with E-state index in [9.17, 15) is 14.4 Å². The number of Topliss-reactive ketones (excluding diaryl/α,β-unsaturated/α-hetero) is 1. The van der Waals surface area contributed by atoms with E-state index in [1.54, 1.807) is 23.4 Å². The standard InChI is InChI=1S/C20H26N2O3/c1-7-16-14(4)20(25)21(6)19(16)10-18-13(3)17(9-8-12(2)24)15(5)22(18)11-23/h10-11H,7-9H2,1-6H3/b19-10-. The topological polar surface area (TPSA) is 59.4 Å². The number of carbonyl (C=O) groups excluding carboxylic acids is 3. The van der Waals surface area contributed by atoms with Gasteiger partial charge in [0.05, 0.1) is 5.69 Å². The average molecular weight is 342 g/mol. The summed E-state index contributed by atoms with van der Waals surface area (Å²) in [7, 11) is 1.76. The van der Waals surface area contributed by atoms with Gasteiger partial charge in [-0.05, 0) is 63.3 Å². The van der Waals surface area contributed by atoms with Crippen LogP contribution in [0.4, 0.5) is 0 Å². The number of aromatic nitrogens is 1. The monoisotopic (exact) mass is 342 g/mol. The molecule has 0 atom stereocenters. The first kappa shape index (κ1) is 18.9. The summed E-state index contributed by atoms with van der Waals surface area (Å²) in [5, 5.41) is 0. The van der Waals surface area contributed by atoms with Crippen molar-refractivity contribution in [1.29, 1.82) is 0 Å². The molecule has 25 heavy (non-hydrogen) atoms. The van der Waals surface area contributed by atoms with Crippen LogP contribution in [0.3, 0.4) is 0 Å². The molecule has 0 aliphatic carbocycles. The summed E-state index contributed by atoms with van der Waals surface area (Å²) in [4.78, 5) is 36.9. The van der Waals surface area contributed by atoms with Crippen LogP contribution in [0.5, 0.6) is 0 Å². The van der Waals surface area contributed by atoms with Crippen molar-refractivity contribution in [3.8, 4) is 0 Å². The number of ketones is 1. The summed E-state index contributed by atoms with van der Waals surface area (Å²) in [5.74, 6) is 0.129. The third kappa shape index (κ3) is 3.23. The van der Waals surface area contributed by atoms with Crippen molar-refractivity contribution in [3.63, 3.8) is 0 Å². The fourth-order valence-corrected chi connectivity index (χ4v) is 3.56. The van der Waals surface area contributed by atoms with Gasteiger partial charge in [0.15, 0.2) is 0 Å². The lowest BCUT2D eigenvalue weighted by Crippen LogP contribution is -2.20. The molecule has 5 heteroatoms. The highest BCUT2D eigenvalue weighted by Gasteiger charge is 2.29. The maximum absolute atomic E-state index is 12.3. The van der Waals surface area contributed by atoms with Crippen LogP contribution in [0.15, 0.2) is 16.8 Å². The van der Waals surface area contributed by atoms with E-state index in [2.05, 4.69) is 0 Å². The van der Waals surface area contributed by atoms with E-state index in [-0.39, 0.29) is 11.7 Å². The molecule has 0 fully saturated rings. The first-order valence-electron chi connectivity index (χ1n) is 8.59. The van der Waals surface area contributed by atoms with Gasteiger partial charge in [0.1, 0.15) is 5.78 Å². The van der Waals surface area contributed by atoms with Crippen molar-refractivity contribution in [3.05, 3.63) is 39.4 Å². The molecule has 0 unspecified atom stereocenters. The van der Waals surface area contributed by atoms with Crippen LogP contribution in [0.25, 0.3) is 6.08 Å². The summed E-state index contributed by atoms with van der Waals surface area (Å²) >= 11 is 0. The highest BCUT2D eigenvalue weighted by atomic mass is 16.2. The van der Waals surface area contributed by atoms with E-state index in [0.29, 0.717) is 12.8 Å². The third-order valence-electron chi connectivity index (χ3n) is 5.10. The first-order chi connectivity index (χ1) is 11.7. The minimum Gasteiger partial charge on any atom is -0.311 e. The molecular weight excluding hydrogens is 316 g/mol. The SMILES string of the molecule is CCC1=C(C)C(=O)N(C)/C1=C\c1c(C)c(CCC(C)=O)c(C)n1C=O. The minimum atomic E-state index is -0.00140. The molecule has 0 saturated heterocycles. The number of rotatable bonds is 6. The molecule has 2 heterocycles. The predicted octanol–water partition coefficient (Wildman–Crippen LogP) is 3.20. The lowest BCUT2D eigenvalue weighted by atomic mass is 10.0. The van der Waals surface area contributed by atoms with Crippen molar-refractivity contribution in [2.24, 2.45) is 0 Å². The molecule has 0 bridgehead atoms. The maximum atomic E-state index is 12.3. The third-order valence-corrected chi connectivity index (χ3v) is 5.10. The molecule has 0 radical (unpaired) electrons. The molecule has 134 valence electrons. The van der Waals surface area contributed by atoms with Gasteiger partial charge in [-0.15, -0.1) is 0 Å². The summed E-state index contributed by atoms with van der Waals surface area (Å²) in [6.07, 6.45) is 4.55. The van der Waals surface area contributed by atoms with Gasteiger partial charge in [0.2, 0.25) is 6.41 Å². The van der Waals surface area contributed by atoms with Gasteiger partial charge in [0, 0.05) is 30.4 Å². The molecule has 1 aliphatic rings. The second kappa shape index (κ2) is 7.21. The summed E-state index contributed by atoms with van der Waals surface area (Å²) in [6, 6.07) is 0. The second-order valence-electron chi connectivity index (χ2n) is 6.60. The number of carbonyl (C=O) groups is 3. The molecule has 1 aliphatic heterocycles. The number of hydrogen-bond donors (Lipinski definition) is 0. The van der Waals surface area contributed by atoms with Crippen LogP contribution in [0, 0.1) is 13.8 Å². The fourth-order valence-electron chi connectivity index (χ4n) is 3.56. The van der Waals surface area contributed by atoms with E-state index in [4.69, 9.17) is 0 Å². The van der Waals surface area contributed by atoms with Crippen LogP contribution < -0.4 is 0 Å². The molecule has 0 aromatic carbocycles. The summed E-state index contributed by atoms with van der Waals surface area (Å²) in [6.45, 7) is 9.30. The van der Waals surface area contributed by atoms with Gasteiger partial charge in [0.25, 0.3) is 5.91 Å². The Morgan fingerprint density at radius 2 is 1.84 bits per heavy atom. The van der Waals surface area contributed by atoms with Gasteiger partial charge in [-0.25, -0.2) is 0 Å². The van der Waals surface area contributed by atoms with Gasteiger partial charge in [-0.3, -0.25) is 14.2 Å². The molecule has 0 spiro atoms. The van der Waals surface area contributed by atoms with Crippen LogP contribution in [-0.2, 0) is 20.8 Å². The zero-order chi connectivity index (χ0) is 18.9. The number of nitrogens with zero attached hydrogens (tertiary/aromatic N) is 2. The lowest BCUT2D eigenvalue weighted by Gasteiger charge is -2.14. The van der Waals surface area contributed by atoms with E-state index in [1.807, 2.05) is 33.8 Å². The Labute approximate surface area is 149 Å². The molecule has 1 amide bonds. The highest BCUT2D eigenvalue weighted by Crippen LogP contribution is 2.33. The Kier molecular flexibility index (Phi) is 5.45. The Hall–Kier alpha value is -2.43. The summed E-state index contributed by atoms with van der Waals surface area (Å²) in [5.41, 5.74) is 6.25. The molecule has 5 nitrogen and oxygen atoms in total. The van der Waals surface area contributed by atoms with Gasteiger partial charge < -0.3 is 9.69 Å². The molecule has 1 aromatic rings. The van der Waals surface area contributed by atoms with Crippen LogP contribution in [0.1, 0.15) is 56.1 Å². The molecule has 0 N–H and O–H groups in total. The van der Waals surface area contributed by atoms with E-state index < -0.39 is 0 Å². The second-order valence-corrected chi connectivity index (χ2v) is 6.60. The van der Waals surface area contributed by atoms with Crippen LogP contribution in [0.2, 0.25) is 0 Å². The summed E-state index contributed by atoms with van der Waals surface area (Å²) < 4.78 is 1.61. The Bertz CT molecular complexity index is 809. The average Bonchev–Trinajstić information content (AvgIpc) is 2.91. The first-order valence-corrected chi connectivity index (χ1v) is 8.59. The predicted molar refractivity (Wildman–Crippen MR) is 98.8 cm³/mol. The van der Waals surface area contributed by atoms with Crippen molar-refractivity contribution < 1.29 is 14.4 Å².